The molecule has 10 heavy (non-hydrogen) atoms. The molecule has 0 atom stereocenters. The lowest BCUT2D eigenvalue weighted by atomic mass is 9.71. The zero-order valence-corrected chi connectivity index (χ0v) is 7.24. The number of rotatable bonds is 0. The van der Waals surface area contributed by atoms with Crippen LogP contribution in [-0.4, -0.2) is 0 Å². The molecule has 0 heteroatoms. The molecule has 58 valence electrons. The second-order valence-corrected chi connectivity index (χ2v) is 5.16. The van der Waals surface area contributed by atoms with Crippen LogP contribution in [0.25, 0.3) is 0 Å². The van der Waals surface area contributed by atoms with Crippen LogP contribution in [0.15, 0.2) is 0 Å². The van der Waals surface area contributed by atoms with Gasteiger partial charge in [0.15, 0.2) is 0 Å². The fourth-order valence-electron chi connectivity index (χ4n) is 2.13. The molecule has 0 aromatic rings. The van der Waals surface area contributed by atoms with E-state index in [0.717, 1.165) is 5.41 Å². The van der Waals surface area contributed by atoms with Gasteiger partial charge < -0.3 is 0 Å². The lowest BCUT2D eigenvalue weighted by Crippen LogP contribution is -2.21. The minimum atomic E-state index is 0.674. The molecule has 0 bridgehead atoms. The van der Waals surface area contributed by atoms with Gasteiger partial charge in [-0.05, 0) is 49.4 Å². The standard InChI is InChI=1S/C10H18/c1-9(2)3-5-10(6-4-9)7-8-10/h3-8H2,1-2H3. The van der Waals surface area contributed by atoms with Gasteiger partial charge in [0.05, 0.1) is 0 Å². The van der Waals surface area contributed by atoms with Gasteiger partial charge in [-0.25, -0.2) is 0 Å². The minimum absolute atomic E-state index is 0.674. The summed E-state index contributed by atoms with van der Waals surface area (Å²) in [7, 11) is 0. The molecule has 2 saturated carbocycles. The van der Waals surface area contributed by atoms with Crippen LogP contribution >= 0.6 is 0 Å². The summed E-state index contributed by atoms with van der Waals surface area (Å²) < 4.78 is 0. The quantitative estimate of drug-likeness (QED) is 0.481. The smallest absolute Gasteiger partial charge is 0.0297 e. The van der Waals surface area contributed by atoms with E-state index in [1.807, 2.05) is 0 Å². The Labute approximate surface area is 64.0 Å². The summed E-state index contributed by atoms with van der Waals surface area (Å²) in [5.41, 5.74) is 1.56. The van der Waals surface area contributed by atoms with Crippen LogP contribution in [0.2, 0.25) is 0 Å². The SMILES string of the molecule is CC1(C)CCC2(CC1)CC2. The molecule has 0 aromatic heterocycles. The summed E-state index contributed by atoms with van der Waals surface area (Å²) >= 11 is 0. The third kappa shape index (κ3) is 1.09. The molecule has 2 fully saturated rings. The first-order valence-corrected chi connectivity index (χ1v) is 4.62. The van der Waals surface area contributed by atoms with Gasteiger partial charge in [0, 0.05) is 0 Å². The lowest BCUT2D eigenvalue weighted by Gasteiger charge is -2.34. The minimum Gasteiger partial charge on any atom is -0.0599 e. The molecule has 0 nitrogen and oxygen atoms in total. The van der Waals surface area contributed by atoms with E-state index in [-0.39, 0.29) is 0 Å². The second kappa shape index (κ2) is 1.78. The average Bonchev–Trinajstić information content (AvgIpc) is 2.60. The van der Waals surface area contributed by atoms with Crippen molar-refractivity contribution in [2.45, 2.75) is 52.4 Å². The van der Waals surface area contributed by atoms with Crippen molar-refractivity contribution < 1.29 is 0 Å². The first kappa shape index (κ1) is 6.69. The Balaban J connectivity index is 1.95. The van der Waals surface area contributed by atoms with E-state index in [0.29, 0.717) is 5.41 Å². The van der Waals surface area contributed by atoms with Gasteiger partial charge in [-0.15, -0.1) is 0 Å². The highest BCUT2D eigenvalue weighted by molar-refractivity contribution is 4.98. The molecular formula is C10H18. The highest BCUT2D eigenvalue weighted by Crippen LogP contribution is 2.59. The Morgan fingerprint density at radius 3 is 1.50 bits per heavy atom. The maximum absolute atomic E-state index is 2.42. The van der Waals surface area contributed by atoms with E-state index in [4.69, 9.17) is 0 Å². The zero-order chi connectivity index (χ0) is 7.24. The topological polar surface area (TPSA) is 0 Å². The number of hydrogen-bond acceptors (Lipinski definition) is 0. The van der Waals surface area contributed by atoms with Crippen molar-refractivity contribution in [2.75, 3.05) is 0 Å². The van der Waals surface area contributed by atoms with Gasteiger partial charge in [-0.3, -0.25) is 0 Å². The summed E-state index contributed by atoms with van der Waals surface area (Å²) in [4.78, 5) is 0. The van der Waals surface area contributed by atoms with Gasteiger partial charge in [-0.2, -0.15) is 0 Å². The average molecular weight is 138 g/mol. The van der Waals surface area contributed by atoms with E-state index in [2.05, 4.69) is 13.8 Å². The van der Waals surface area contributed by atoms with Crippen LogP contribution in [0.5, 0.6) is 0 Å². The van der Waals surface area contributed by atoms with Crippen molar-refractivity contribution in [2.24, 2.45) is 10.8 Å². The largest absolute Gasteiger partial charge is 0.0599 e. The van der Waals surface area contributed by atoms with E-state index < -0.39 is 0 Å². The second-order valence-electron chi connectivity index (χ2n) is 5.16. The molecule has 2 aliphatic carbocycles. The van der Waals surface area contributed by atoms with Crippen molar-refractivity contribution in [3.63, 3.8) is 0 Å². The Kier molecular flexibility index (Phi) is 1.19. The molecule has 0 radical (unpaired) electrons. The van der Waals surface area contributed by atoms with Gasteiger partial charge in [0.1, 0.15) is 0 Å². The van der Waals surface area contributed by atoms with Gasteiger partial charge >= 0.3 is 0 Å². The molecule has 0 saturated heterocycles. The first-order valence-electron chi connectivity index (χ1n) is 4.62. The van der Waals surface area contributed by atoms with Crippen LogP contribution in [-0.2, 0) is 0 Å². The van der Waals surface area contributed by atoms with Crippen molar-refractivity contribution in [1.82, 2.24) is 0 Å². The van der Waals surface area contributed by atoms with Crippen molar-refractivity contribution in [3.05, 3.63) is 0 Å². The Hall–Kier alpha value is 0. The molecule has 0 amide bonds. The third-order valence-electron chi connectivity index (χ3n) is 3.62. The molecular weight excluding hydrogens is 120 g/mol. The highest BCUT2D eigenvalue weighted by atomic mass is 14.5. The van der Waals surface area contributed by atoms with Gasteiger partial charge in [-0.1, -0.05) is 13.8 Å². The normalized spacial score (nSPS) is 34.2. The van der Waals surface area contributed by atoms with E-state index in [9.17, 15) is 0 Å². The van der Waals surface area contributed by atoms with E-state index >= 15 is 0 Å². The van der Waals surface area contributed by atoms with Crippen molar-refractivity contribution in [1.29, 1.82) is 0 Å². The van der Waals surface area contributed by atoms with E-state index in [1.54, 1.807) is 12.8 Å². The predicted molar refractivity (Wildman–Crippen MR) is 43.9 cm³/mol. The summed E-state index contributed by atoms with van der Waals surface area (Å²) in [5, 5.41) is 0. The highest BCUT2D eigenvalue weighted by Gasteiger charge is 2.46. The third-order valence-corrected chi connectivity index (χ3v) is 3.62. The Bertz CT molecular complexity index is 122. The predicted octanol–water partition coefficient (Wildman–Crippen LogP) is 3.37. The molecule has 1 spiro atoms. The van der Waals surface area contributed by atoms with Crippen LogP contribution in [0.1, 0.15) is 52.4 Å². The van der Waals surface area contributed by atoms with Crippen LogP contribution in [0.4, 0.5) is 0 Å². The van der Waals surface area contributed by atoms with Crippen LogP contribution in [0.3, 0.4) is 0 Å². The fourth-order valence-corrected chi connectivity index (χ4v) is 2.13. The molecule has 2 rings (SSSR count). The molecule has 2 aliphatic rings. The molecule has 0 aromatic carbocycles. The molecule has 0 N–H and O–H groups in total. The zero-order valence-electron chi connectivity index (χ0n) is 7.24. The monoisotopic (exact) mass is 138 g/mol. The van der Waals surface area contributed by atoms with Crippen molar-refractivity contribution in [3.8, 4) is 0 Å². The summed E-state index contributed by atoms with van der Waals surface area (Å²) in [6, 6.07) is 0. The summed E-state index contributed by atoms with van der Waals surface area (Å²) in [6.45, 7) is 4.84. The molecule has 0 heterocycles. The van der Waals surface area contributed by atoms with Crippen LogP contribution in [0, 0.1) is 10.8 Å². The van der Waals surface area contributed by atoms with Gasteiger partial charge in [0.2, 0.25) is 0 Å². The van der Waals surface area contributed by atoms with Crippen LogP contribution < -0.4 is 0 Å². The summed E-state index contributed by atoms with van der Waals surface area (Å²) in [5.74, 6) is 0. The van der Waals surface area contributed by atoms with Crippen molar-refractivity contribution >= 4 is 0 Å². The lowest BCUT2D eigenvalue weighted by molar-refractivity contribution is 0.178. The summed E-state index contributed by atoms with van der Waals surface area (Å²) in [6.07, 6.45) is 9.10. The fraction of sp³-hybridized carbons (Fsp3) is 1.00. The maximum atomic E-state index is 2.42. The molecule has 0 aliphatic heterocycles. The maximum Gasteiger partial charge on any atom is -0.0297 e. The van der Waals surface area contributed by atoms with E-state index in [1.165, 1.54) is 25.7 Å². The van der Waals surface area contributed by atoms with Gasteiger partial charge in [0.25, 0.3) is 0 Å². The Morgan fingerprint density at radius 2 is 1.10 bits per heavy atom. The number of hydrogen-bond donors (Lipinski definition) is 0. The Morgan fingerprint density at radius 1 is 0.700 bits per heavy atom. The molecule has 0 unspecified atom stereocenters. The first-order chi connectivity index (χ1) is 4.62.